The number of amides is 1. The normalized spacial score (nSPS) is 18.5. The van der Waals surface area contributed by atoms with Crippen molar-refractivity contribution in [3.63, 3.8) is 0 Å². The number of hydrogen-bond donors (Lipinski definition) is 1. The van der Waals surface area contributed by atoms with Gasteiger partial charge in [-0.05, 0) is 61.2 Å². The second kappa shape index (κ2) is 7.83. The first-order chi connectivity index (χ1) is 15.1. The SMILES string of the molecule is Cc1ccc(NC(=O)[C@@H]2CC(C)CN2c2ccccn2)cc1-c1ncc2cccn2n1. The molecule has 0 radical (unpaired) electrons. The van der Waals surface area contributed by atoms with Crippen molar-refractivity contribution in [2.24, 2.45) is 5.92 Å². The van der Waals surface area contributed by atoms with Crippen molar-refractivity contribution in [1.82, 2.24) is 19.6 Å². The summed E-state index contributed by atoms with van der Waals surface area (Å²) in [6, 6.07) is 15.3. The van der Waals surface area contributed by atoms with Crippen molar-refractivity contribution in [3.8, 4) is 11.4 Å². The van der Waals surface area contributed by atoms with Crippen molar-refractivity contribution in [2.75, 3.05) is 16.8 Å². The predicted octanol–water partition coefficient (Wildman–Crippen LogP) is 3.95. The Bertz CT molecular complexity index is 1240. The Morgan fingerprint density at radius 1 is 1.13 bits per heavy atom. The summed E-state index contributed by atoms with van der Waals surface area (Å²) in [5, 5.41) is 7.70. The van der Waals surface area contributed by atoms with E-state index in [2.05, 4.69) is 32.2 Å². The molecule has 1 aliphatic rings. The second-order valence-electron chi connectivity index (χ2n) is 8.18. The van der Waals surface area contributed by atoms with E-state index in [0.717, 1.165) is 41.1 Å². The fourth-order valence-electron chi connectivity index (χ4n) is 4.19. The zero-order chi connectivity index (χ0) is 21.4. The fraction of sp³-hybridized carbons (Fsp3) is 0.250. The number of aryl methyl sites for hydroxylation is 1. The van der Waals surface area contributed by atoms with Gasteiger partial charge in [0.15, 0.2) is 5.82 Å². The molecule has 1 saturated heterocycles. The second-order valence-corrected chi connectivity index (χ2v) is 8.18. The van der Waals surface area contributed by atoms with E-state index in [4.69, 9.17) is 0 Å². The fourth-order valence-corrected chi connectivity index (χ4v) is 4.19. The Morgan fingerprint density at radius 2 is 2.03 bits per heavy atom. The van der Waals surface area contributed by atoms with Crippen LogP contribution in [0.5, 0.6) is 0 Å². The van der Waals surface area contributed by atoms with Gasteiger partial charge in [-0.15, -0.1) is 5.10 Å². The number of rotatable bonds is 4. The molecule has 3 aromatic heterocycles. The summed E-state index contributed by atoms with van der Waals surface area (Å²) >= 11 is 0. The number of anilines is 2. The monoisotopic (exact) mass is 412 g/mol. The quantitative estimate of drug-likeness (QED) is 0.549. The number of aromatic nitrogens is 4. The predicted molar refractivity (Wildman–Crippen MR) is 121 cm³/mol. The number of nitrogens with one attached hydrogen (secondary N) is 1. The highest BCUT2D eigenvalue weighted by Gasteiger charge is 2.35. The van der Waals surface area contributed by atoms with Gasteiger partial charge in [0.2, 0.25) is 5.91 Å². The topological polar surface area (TPSA) is 75.4 Å². The van der Waals surface area contributed by atoms with Crippen LogP contribution in [0, 0.1) is 12.8 Å². The van der Waals surface area contributed by atoms with Crippen LogP contribution in [-0.4, -0.2) is 38.1 Å². The summed E-state index contributed by atoms with van der Waals surface area (Å²) < 4.78 is 1.80. The third-order valence-electron chi connectivity index (χ3n) is 5.78. The van der Waals surface area contributed by atoms with Gasteiger partial charge < -0.3 is 10.2 Å². The molecule has 1 N–H and O–H groups in total. The summed E-state index contributed by atoms with van der Waals surface area (Å²) in [6.45, 7) is 5.01. The number of nitrogens with zero attached hydrogens (tertiary/aromatic N) is 5. The Morgan fingerprint density at radius 3 is 2.87 bits per heavy atom. The summed E-state index contributed by atoms with van der Waals surface area (Å²) in [7, 11) is 0. The van der Waals surface area contributed by atoms with Crippen molar-refractivity contribution in [1.29, 1.82) is 0 Å². The molecule has 7 heteroatoms. The molecule has 0 saturated carbocycles. The van der Waals surface area contributed by atoms with Gasteiger partial charge in [0.05, 0.1) is 11.7 Å². The molecule has 4 heterocycles. The van der Waals surface area contributed by atoms with Gasteiger partial charge in [0.1, 0.15) is 11.9 Å². The number of fused-ring (bicyclic) bond motifs is 1. The Kier molecular flexibility index (Phi) is 4.86. The first kappa shape index (κ1) is 19.2. The molecule has 1 fully saturated rings. The van der Waals surface area contributed by atoms with Crippen molar-refractivity contribution < 1.29 is 4.79 Å². The summed E-state index contributed by atoms with van der Waals surface area (Å²) in [6.07, 6.45) is 6.27. The highest BCUT2D eigenvalue weighted by Crippen LogP contribution is 2.29. The number of carbonyl (C=O) groups is 1. The van der Waals surface area contributed by atoms with Crippen LogP contribution in [0.1, 0.15) is 18.9 Å². The van der Waals surface area contributed by atoms with Gasteiger partial charge in [0, 0.05) is 30.2 Å². The molecule has 1 amide bonds. The lowest BCUT2D eigenvalue weighted by molar-refractivity contribution is -0.117. The van der Waals surface area contributed by atoms with E-state index in [-0.39, 0.29) is 11.9 Å². The minimum absolute atomic E-state index is 0.0217. The average molecular weight is 412 g/mol. The van der Waals surface area contributed by atoms with Crippen LogP contribution < -0.4 is 10.2 Å². The minimum Gasteiger partial charge on any atom is -0.344 e. The van der Waals surface area contributed by atoms with E-state index >= 15 is 0 Å². The molecule has 4 aromatic rings. The van der Waals surface area contributed by atoms with Crippen molar-refractivity contribution in [3.05, 3.63) is 72.7 Å². The van der Waals surface area contributed by atoms with E-state index < -0.39 is 0 Å². The highest BCUT2D eigenvalue weighted by atomic mass is 16.2. The van der Waals surface area contributed by atoms with Crippen molar-refractivity contribution >= 4 is 22.9 Å². The third kappa shape index (κ3) is 3.74. The number of benzene rings is 1. The molecule has 5 rings (SSSR count). The van der Waals surface area contributed by atoms with E-state index in [0.29, 0.717) is 11.7 Å². The maximum Gasteiger partial charge on any atom is 0.247 e. The molecule has 1 unspecified atom stereocenters. The molecular formula is C24H24N6O. The van der Waals surface area contributed by atoms with E-state index in [1.807, 2.05) is 61.7 Å². The van der Waals surface area contributed by atoms with Crippen LogP contribution in [0.25, 0.3) is 16.9 Å². The van der Waals surface area contributed by atoms with Gasteiger partial charge in [-0.1, -0.05) is 19.1 Å². The Balaban J connectivity index is 1.40. The molecule has 31 heavy (non-hydrogen) atoms. The van der Waals surface area contributed by atoms with Crippen LogP contribution in [0.4, 0.5) is 11.5 Å². The Labute approximate surface area is 180 Å². The zero-order valence-electron chi connectivity index (χ0n) is 17.6. The first-order valence-electron chi connectivity index (χ1n) is 10.5. The van der Waals surface area contributed by atoms with E-state index in [1.165, 1.54) is 0 Å². The average Bonchev–Trinajstić information content (AvgIpc) is 3.41. The van der Waals surface area contributed by atoms with E-state index in [1.54, 1.807) is 16.9 Å². The van der Waals surface area contributed by atoms with Crippen LogP contribution in [0.15, 0.2) is 67.1 Å². The van der Waals surface area contributed by atoms with Gasteiger partial charge in [-0.25, -0.2) is 14.5 Å². The molecule has 2 atom stereocenters. The number of carbonyl (C=O) groups excluding carboxylic acids is 1. The smallest absolute Gasteiger partial charge is 0.247 e. The first-order valence-corrected chi connectivity index (χ1v) is 10.5. The number of hydrogen-bond acceptors (Lipinski definition) is 5. The van der Waals surface area contributed by atoms with Gasteiger partial charge in [-0.3, -0.25) is 4.79 Å². The third-order valence-corrected chi connectivity index (χ3v) is 5.78. The molecule has 1 aliphatic heterocycles. The van der Waals surface area contributed by atoms with Crippen molar-refractivity contribution in [2.45, 2.75) is 26.3 Å². The molecule has 7 nitrogen and oxygen atoms in total. The molecule has 156 valence electrons. The lowest BCUT2D eigenvalue weighted by Gasteiger charge is -2.25. The molecule has 0 spiro atoms. The molecule has 0 bridgehead atoms. The molecular weight excluding hydrogens is 388 g/mol. The summed E-state index contributed by atoms with van der Waals surface area (Å²) in [4.78, 5) is 24.3. The van der Waals surface area contributed by atoms with E-state index in [9.17, 15) is 4.79 Å². The molecule has 1 aromatic carbocycles. The zero-order valence-corrected chi connectivity index (χ0v) is 17.6. The van der Waals surface area contributed by atoms with Gasteiger partial charge >= 0.3 is 0 Å². The van der Waals surface area contributed by atoms with Crippen LogP contribution in [0.2, 0.25) is 0 Å². The molecule has 0 aliphatic carbocycles. The van der Waals surface area contributed by atoms with Gasteiger partial charge in [-0.2, -0.15) is 0 Å². The maximum absolute atomic E-state index is 13.2. The van der Waals surface area contributed by atoms with Crippen LogP contribution in [-0.2, 0) is 4.79 Å². The minimum atomic E-state index is -0.248. The van der Waals surface area contributed by atoms with Gasteiger partial charge in [0.25, 0.3) is 0 Å². The number of pyridine rings is 1. The highest BCUT2D eigenvalue weighted by molar-refractivity contribution is 5.97. The lowest BCUT2D eigenvalue weighted by atomic mass is 10.1. The Hall–Kier alpha value is -3.74. The van der Waals surface area contributed by atoms with Crippen LogP contribution >= 0.6 is 0 Å². The lowest BCUT2D eigenvalue weighted by Crippen LogP contribution is -2.40. The standard InChI is InChI=1S/C24H24N6O/c1-16-12-21(29(15-16)22-7-3-4-10-25-22)24(31)27-18-9-8-17(2)20(13-18)23-26-14-19-6-5-11-30(19)28-23/h3-11,13-14,16,21H,12,15H2,1-2H3,(H,27,31)/t16?,21-/m0/s1. The maximum atomic E-state index is 13.2. The summed E-state index contributed by atoms with van der Waals surface area (Å²) in [5.41, 5.74) is 3.63. The largest absolute Gasteiger partial charge is 0.344 e. The van der Waals surface area contributed by atoms with Crippen LogP contribution in [0.3, 0.4) is 0 Å². The summed E-state index contributed by atoms with van der Waals surface area (Å²) in [5.74, 6) is 1.87.